The number of rotatable bonds is 4. The van der Waals surface area contributed by atoms with Crippen molar-refractivity contribution >= 4 is 23.5 Å². The highest BCUT2D eigenvalue weighted by Gasteiger charge is 2.33. The maximum Gasteiger partial charge on any atom is 0.322 e. The molecule has 1 unspecified atom stereocenters. The topological polar surface area (TPSA) is 65.0 Å². The summed E-state index contributed by atoms with van der Waals surface area (Å²) in [5.74, 6) is -1.20. The molecule has 1 aromatic rings. The minimum atomic E-state index is -0.977. The van der Waals surface area contributed by atoms with E-state index in [1.807, 2.05) is 0 Å². The third kappa shape index (κ3) is 3.02. The predicted octanol–water partition coefficient (Wildman–Crippen LogP) is 2.26. The van der Waals surface area contributed by atoms with Gasteiger partial charge in [0.05, 0.1) is 13.7 Å². The lowest BCUT2D eigenvalue weighted by molar-refractivity contribution is -0.147. The number of carbonyl (C=O) groups is 2. The zero-order valence-corrected chi connectivity index (χ0v) is 12.3. The molecule has 1 aliphatic rings. The van der Waals surface area contributed by atoms with Gasteiger partial charge in [-0.1, -0.05) is 12.1 Å². The van der Waals surface area contributed by atoms with E-state index in [0.29, 0.717) is 22.6 Å². The number of aliphatic imine (C=N–C) groups is 1. The highest BCUT2D eigenvalue weighted by atomic mass is 16.5. The molecule has 5 heteroatoms. The summed E-state index contributed by atoms with van der Waals surface area (Å²) in [5.41, 5.74) is 1.69. The number of nitrogens with zero attached hydrogens (tertiary/aromatic N) is 1. The van der Waals surface area contributed by atoms with E-state index in [-0.39, 0.29) is 12.4 Å². The zero-order chi connectivity index (χ0) is 15.4. The molecule has 0 N–H and O–H groups in total. The molecule has 0 aliphatic carbocycles. The molecule has 0 saturated carbocycles. The van der Waals surface area contributed by atoms with Gasteiger partial charge >= 0.3 is 5.97 Å². The average molecular weight is 287 g/mol. The van der Waals surface area contributed by atoms with Crippen molar-refractivity contribution in [3.63, 3.8) is 0 Å². The van der Waals surface area contributed by atoms with Crippen LogP contribution >= 0.6 is 0 Å². The van der Waals surface area contributed by atoms with Crippen LogP contribution in [0.4, 0.5) is 0 Å². The Balaban J connectivity index is 2.39. The Morgan fingerprint density at radius 1 is 1.38 bits per heavy atom. The molecule has 0 saturated heterocycles. The van der Waals surface area contributed by atoms with Crippen LogP contribution in [-0.4, -0.2) is 31.7 Å². The zero-order valence-electron chi connectivity index (χ0n) is 12.3. The van der Waals surface area contributed by atoms with Crippen molar-refractivity contribution in [1.82, 2.24) is 0 Å². The third-order valence-corrected chi connectivity index (χ3v) is 3.21. The van der Waals surface area contributed by atoms with E-state index in [9.17, 15) is 9.59 Å². The van der Waals surface area contributed by atoms with Gasteiger partial charge in [0.25, 0.3) is 0 Å². The summed E-state index contributed by atoms with van der Waals surface area (Å²) < 4.78 is 10.1. The number of hydrogen-bond acceptors (Lipinski definition) is 5. The lowest BCUT2D eigenvalue weighted by Gasteiger charge is -2.18. The van der Waals surface area contributed by atoms with Gasteiger partial charge in [-0.25, -0.2) is 0 Å². The summed E-state index contributed by atoms with van der Waals surface area (Å²) >= 11 is 0. The maximum atomic E-state index is 12.6. The number of carbonyl (C=O) groups excluding carboxylic acids is 2. The number of allylic oxidation sites excluding steroid dienone is 2. The molecule has 110 valence electrons. The fraction of sp³-hybridized carbons (Fsp3) is 0.312. The summed E-state index contributed by atoms with van der Waals surface area (Å²) in [6.45, 7) is 3.67. The van der Waals surface area contributed by atoms with Gasteiger partial charge < -0.3 is 9.47 Å². The molecule has 0 aromatic heterocycles. The Morgan fingerprint density at radius 3 is 2.81 bits per heavy atom. The largest absolute Gasteiger partial charge is 0.497 e. The quantitative estimate of drug-likeness (QED) is 0.629. The highest BCUT2D eigenvalue weighted by Crippen LogP contribution is 2.29. The minimum absolute atomic E-state index is 0.230. The Bertz CT molecular complexity index is 631. The first-order valence-electron chi connectivity index (χ1n) is 6.68. The molecule has 0 amide bonds. The Hall–Kier alpha value is -2.43. The number of methoxy groups -OCH3 is 1. The van der Waals surface area contributed by atoms with Gasteiger partial charge in [-0.15, -0.1) is 0 Å². The number of hydrogen-bond donors (Lipinski definition) is 0. The second-order valence-electron chi connectivity index (χ2n) is 4.56. The van der Waals surface area contributed by atoms with Crippen molar-refractivity contribution in [2.45, 2.75) is 13.8 Å². The van der Waals surface area contributed by atoms with Crippen LogP contribution in [0.25, 0.3) is 5.57 Å². The molecule has 0 bridgehead atoms. The molecule has 21 heavy (non-hydrogen) atoms. The highest BCUT2D eigenvalue weighted by molar-refractivity contribution is 6.33. The minimum Gasteiger partial charge on any atom is -0.497 e. The lowest BCUT2D eigenvalue weighted by atomic mass is 9.90. The van der Waals surface area contributed by atoms with Gasteiger partial charge in [-0.3, -0.25) is 14.6 Å². The molecule has 5 nitrogen and oxygen atoms in total. The van der Waals surface area contributed by atoms with E-state index in [1.54, 1.807) is 45.2 Å². The van der Waals surface area contributed by atoms with Crippen molar-refractivity contribution in [3.05, 3.63) is 35.5 Å². The van der Waals surface area contributed by atoms with Gasteiger partial charge in [-0.05, 0) is 31.5 Å². The van der Waals surface area contributed by atoms with E-state index in [0.717, 1.165) is 0 Å². The van der Waals surface area contributed by atoms with E-state index >= 15 is 0 Å². The molecule has 1 aliphatic heterocycles. The summed E-state index contributed by atoms with van der Waals surface area (Å²) in [7, 11) is 1.56. The molecular formula is C16H17NO4. The van der Waals surface area contributed by atoms with E-state index in [2.05, 4.69) is 4.99 Å². The van der Waals surface area contributed by atoms with Crippen LogP contribution in [0.5, 0.6) is 5.75 Å². The summed E-state index contributed by atoms with van der Waals surface area (Å²) in [5, 5.41) is 0. The van der Waals surface area contributed by atoms with Crippen molar-refractivity contribution in [2.24, 2.45) is 10.9 Å². The number of Topliss-reactive ketones (excluding diaryl/α,β-unsaturated/α-hetero) is 1. The van der Waals surface area contributed by atoms with Gasteiger partial charge in [-0.2, -0.15) is 0 Å². The molecule has 1 atom stereocenters. The van der Waals surface area contributed by atoms with Gasteiger partial charge in [0.1, 0.15) is 5.75 Å². The third-order valence-electron chi connectivity index (χ3n) is 3.21. The first kappa shape index (κ1) is 15.0. The average Bonchev–Trinajstić information content (AvgIpc) is 2.48. The van der Waals surface area contributed by atoms with Crippen LogP contribution in [-0.2, 0) is 14.3 Å². The van der Waals surface area contributed by atoms with Crippen LogP contribution in [0.3, 0.4) is 0 Å². The fourth-order valence-electron chi connectivity index (χ4n) is 2.18. The summed E-state index contributed by atoms with van der Waals surface area (Å²) in [4.78, 5) is 28.6. The van der Waals surface area contributed by atoms with Gasteiger partial charge in [0, 0.05) is 17.5 Å². The van der Waals surface area contributed by atoms with Crippen molar-refractivity contribution in [3.8, 4) is 5.75 Å². The van der Waals surface area contributed by atoms with Crippen molar-refractivity contribution in [2.75, 3.05) is 13.7 Å². The number of ketones is 1. The molecule has 0 fully saturated rings. The normalized spacial score (nSPS) is 17.9. The van der Waals surface area contributed by atoms with Crippen LogP contribution in [0.2, 0.25) is 0 Å². The molecular weight excluding hydrogens is 270 g/mol. The predicted molar refractivity (Wildman–Crippen MR) is 79.2 cm³/mol. The number of esters is 1. The Morgan fingerprint density at radius 2 is 2.14 bits per heavy atom. The van der Waals surface area contributed by atoms with Crippen LogP contribution in [0.15, 0.2) is 35.0 Å². The van der Waals surface area contributed by atoms with Gasteiger partial charge in [0.2, 0.25) is 0 Å². The van der Waals surface area contributed by atoms with E-state index in [4.69, 9.17) is 9.47 Å². The van der Waals surface area contributed by atoms with E-state index < -0.39 is 11.9 Å². The standard InChI is InChI=1S/C16H17NO4/c1-4-21-16(19)13-9-17-10(2)14(15(13)18)11-6-5-7-12(8-11)20-3/h5-9,13H,4H2,1-3H3. The second kappa shape index (κ2) is 6.35. The Kier molecular flexibility index (Phi) is 4.52. The first-order valence-corrected chi connectivity index (χ1v) is 6.68. The monoisotopic (exact) mass is 287 g/mol. The van der Waals surface area contributed by atoms with Gasteiger partial charge in [0.15, 0.2) is 11.7 Å². The van der Waals surface area contributed by atoms with E-state index in [1.165, 1.54) is 6.21 Å². The van der Waals surface area contributed by atoms with Crippen LogP contribution < -0.4 is 4.74 Å². The molecule has 1 heterocycles. The van der Waals surface area contributed by atoms with Crippen molar-refractivity contribution < 1.29 is 19.1 Å². The first-order chi connectivity index (χ1) is 10.1. The van der Waals surface area contributed by atoms with Crippen molar-refractivity contribution in [1.29, 1.82) is 0 Å². The number of benzene rings is 1. The van der Waals surface area contributed by atoms with Crippen LogP contribution in [0.1, 0.15) is 19.4 Å². The maximum absolute atomic E-state index is 12.6. The summed E-state index contributed by atoms with van der Waals surface area (Å²) in [6.07, 6.45) is 1.35. The summed E-state index contributed by atoms with van der Waals surface area (Å²) in [6, 6.07) is 7.13. The number of ether oxygens (including phenoxy) is 2. The second-order valence-corrected chi connectivity index (χ2v) is 4.56. The molecule has 0 radical (unpaired) electrons. The molecule has 0 spiro atoms. The smallest absolute Gasteiger partial charge is 0.322 e. The molecule has 1 aromatic carbocycles. The lowest BCUT2D eigenvalue weighted by Crippen LogP contribution is -2.30. The fourth-order valence-corrected chi connectivity index (χ4v) is 2.18. The molecule has 2 rings (SSSR count). The SMILES string of the molecule is CCOC(=O)C1C=NC(C)=C(c2cccc(OC)c2)C1=O. The van der Waals surface area contributed by atoms with Crippen LogP contribution in [0, 0.1) is 5.92 Å². The Labute approximate surface area is 123 Å².